The summed E-state index contributed by atoms with van der Waals surface area (Å²) >= 11 is 5.86. The van der Waals surface area contributed by atoms with Gasteiger partial charge in [-0.1, -0.05) is 11.6 Å². The van der Waals surface area contributed by atoms with Crippen molar-refractivity contribution in [3.63, 3.8) is 0 Å². The standard InChI is InChI=1S/C17H17ClN4O/c1-11-5-7-20-17-12(11)3-4-14(23-2)13(17)6-8-19-16-9-15(18)21-10-22-16/h3-5,7,9-10H,6,8H2,1-2H3,(H,19,21,22). The number of benzene rings is 1. The van der Waals surface area contributed by atoms with E-state index in [4.69, 9.17) is 16.3 Å². The molecule has 5 nitrogen and oxygen atoms in total. The molecule has 1 N–H and O–H groups in total. The molecule has 0 fully saturated rings. The molecule has 0 aliphatic heterocycles. The van der Waals surface area contributed by atoms with Gasteiger partial charge < -0.3 is 10.1 Å². The number of pyridine rings is 1. The monoisotopic (exact) mass is 328 g/mol. The third-order valence-electron chi connectivity index (χ3n) is 3.73. The molecule has 2 aromatic heterocycles. The Balaban J connectivity index is 1.85. The molecular formula is C17H17ClN4O. The van der Waals surface area contributed by atoms with Crippen LogP contribution in [0.1, 0.15) is 11.1 Å². The molecule has 0 aliphatic rings. The number of nitrogens with one attached hydrogen (secondary N) is 1. The van der Waals surface area contributed by atoms with Gasteiger partial charge in [0.05, 0.1) is 12.6 Å². The zero-order chi connectivity index (χ0) is 16.2. The lowest BCUT2D eigenvalue weighted by Gasteiger charge is -2.13. The van der Waals surface area contributed by atoms with Crippen molar-refractivity contribution in [1.82, 2.24) is 15.0 Å². The molecule has 0 aliphatic carbocycles. The van der Waals surface area contributed by atoms with Gasteiger partial charge in [-0.25, -0.2) is 9.97 Å². The van der Waals surface area contributed by atoms with Crippen LogP contribution in [0.15, 0.2) is 36.8 Å². The second-order valence-corrected chi connectivity index (χ2v) is 5.56. The first-order valence-electron chi connectivity index (χ1n) is 7.31. The number of aryl methyl sites for hydroxylation is 1. The van der Waals surface area contributed by atoms with E-state index in [1.165, 1.54) is 11.9 Å². The van der Waals surface area contributed by atoms with E-state index in [2.05, 4.69) is 33.3 Å². The van der Waals surface area contributed by atoms with Crippen LogP contribution in [0.5, 0.6) is 5.75 Å². The highest BCUT2D eigenvalue weighted by molar-refractivity contribution is 6.29. The summed E-state index contributed by atoms with van der Waals surface area (Å²) < 4.78 is 5.50. The molecule has 2 heterocycles. The minimum absolute atomic E-state index is 0.419. The van der Waals surface area contributed by atoms with Crippen molar-refractivity contribution in [3.05, 3.63) is 53.1 Å². The maximum absolute atomic E-state index is 5.86. The van der Waals surface area contributed by atoms with E-state index in [1.807, 2.05) is 18.3 Å². The summed E-state index contributed by atoms with van der Waals surface area (Å²) in [6, 6.07) is 7.76. The minimum atomic E-state index is 0.419. The quantitative estimate of drug-likeness (QED) is 0.724. The highest BCUT2D eigenvalue weighted by atomic mass is 35.5. The van der Waals surface area contributed by atoms with Crippen LogP contribution in [0.3, 0.4) is 0 Å². The Morgan fingerprint density at radius 3 is 2.83 bits per heavy atom. The van der Waals surface area contributed by atoms with Crippen LogP contribution in [-0.4, -0.2) is 28.6 Å². The third-order valence-corrected chi connectivity index (χ3v) is 3.93. The number of ether oxygens (including phenoxy) is 1. The number of rotatable bonds is 5. The second-order valence-electron chi connectivity index (χ2n) is 5.17. The molecular weight excluding hydrogens is 312 g/mol. The number of nitrogens with zero attached hydrogens (tertiary/aromatic N) is 3. The highest BCUT2D eigenvalue weighted by Crippen LogP contribution is 2.28. The van der Waals surface area contributed by atoms with Gasteiger partial charge in [0.1, 0.15) is 23.0 Å². The van der Waals surface area contributed by atoms with E-state index in [9.17, 15) is 0 Å². The molecule has 0 amide bonds. The molecule has 0 bridgehead atoms. The number of aromatic nitrogens is 3. The van der Waals surface area contributed by atoms with E-state index in [1.54, 1.807) is 13.2 Å². The van der Waals surface area contributed by atoms with Gasteiger partial charge in [-0.2, -0.15) is 0 Å². The van der Waals surface area contributed by atoms with Crippen molar-refractivity contribution in [1.29, 1.82) is 0 Å². The smallest absolute Gasteiger partial charge is 0.134 e. The predicted molar refractivity (Wildman–Crippen MR) is 92.3 cm³/mol. The van der Waals surface area contributed by atoms with Crippen molar-refractivity contribution in [3.8, 4) is 5.75 Å². The van der Waals surface area contributed by atoms with Crippen molar-refractivity contribution in [2.45, 2.75) is 13.3 Å². The molecule has 0 saturated carbocycles. The minimum Gasteiger partial charge on any atom is -0.496 e. The van der Waals surface area contributed by atoms with Gasteiger partial charge in [0.15, 0.2) is 0 Å². The number of fused-ring (bicyclic) bond motifs is 1. The number of anilines is 1. The van der Waals surface area contributed by atoms with E-state index in [-0.39, 0.29) is 0 Å². The predicted octanol–water partition coefficient (Wildman–Crippen LogP) is 3.65. The fraction of sp³-hybridized carbons (Fsp3) is 0.235. The fourth-order valence-corrected chi connectivity index (χ4v) is 2.72. The lowest BCUT2D eigenvalue weighted by Crippen LogP contribution is -2.08. The summed E-state index contributed by atoms with van der Waals surface area (Å²) in [7, 11) is 1.68. The van der Waals surface area contributed by atoms with E-state index >= 15 is 0 Å². The molecule has 0 atom stereocenters. The Labute approximate surface area is 139 Å². The van der Waals surface area contributed by atoms with Gasteiger partial charge in [0.2, 0.25) is 0 Å². The van der Waals surface area contributed by atoms with Gasteiger partial charge >= 0.3 is 0 Å². The maximum atomic E-state index is 5.86. The highest BCUT2D eigenvalue weighted by Gasteiger charge is 2.10. The molecule has 0 saturated heterocycles. The first-order chi connectivity index (χ1) is 11.2. The Morgan fingerprint density at radius 1 is 1.17 bits per heavy atom. The first-order valence-corrected chi connectivity index (χ1v) is 7.69. The van der Waals surface area contributed by atoms with Crippen molar-refractivity contribution in [2.24, 2.45) is 0 Å². The van der Waals surface area contributed by atoms with Crippen LogP contribution in [0.4, 0.5) is 5.82 Å². The molecule has 3 aromatic rings. The molecule has 3 rings (SSSR count). The van der Waals surface area contributed by atoms with Gasteiger partial charge in [-0.05, 0) is 37.1 Å². The first kappa shape index (κ1) is 15.5. The van der Waals surface area contributed by atoms with Crippen LogP contribution in [-0.2, 0) is 6.42 Å². The lowest BCUT2D eigenvalue weighted by atomic mass is 10.0. The number of hydrogen-bond donors (Lipinski definition) is 1. The third kappa shape index (κ3) is 3.35. The zero-order valence-corrected chi connectivity index (χ0v) is 13.8. The number of methoxy groups -OCH3 is 1. The SMILES string of the molecule is COc1ccc2c(C)ccnc2c1CCNc1cc(Cl)ncn1. The Kier molecular flexibility index (Phi) is 4.57. The van der Waals surface area contributed by atoms with Crippen molar-refractivity contribution < 1.29 is 4.74 Å². The van der Waals surface area contributed by atoms with Gasteiger partial charge in [-0.15, -0.1) is 0 Å². The Hall–Kier alpha value is -2.40. The normalized spacial score (nSPS) is 10.7. The van der Waals surface area contributed by atoms with Crippen LogP contribution in [0.2, 0.25) is 5.15 Å². The van der Waals surface area contributed by atoms with E-state index in [0.717, 1.165) is 28.6 Å². The molecule has 0 radical (unpaired) electrons. The number of hydrogen-bond acceptors (Lipinski definition) is 5. The molecule has 6 heteroatoms. The van der Waals surface area contributed by atoms with Gasteiger partial charge in [-0.3, -0.25) is 4.98 Å². The number of halogens is 1. The summed E-state index contributed by atoms with van der Waals surface area (Å²) in [5, 5.41) is 4.81. The van der Waals surface area contributed by atoms with Crippen LogP contribution in [0, 0.1) is 6.92 Å². The molecule has 0 spiro atoms. The van der Waals surface area contributed by atoms with Crippen molar-refractivity contribution >= 4 is 28.3 Å². The zero-order valence-electron chi connectivity index (χ0n) is 13.0. The van der Waals surface area contributed by atoms with Crippen LogP contribution < -0.4 is 10.1 Å². The molecule has 1 aromatic carbocycles. The second kappa shape index (κ2) is 6.79. The van der Waals surface area contributed by atoms with Crippen LogP contribution in [0.25, 0.3) is 10.9 Å². The van der Waals surface area contributed by atoms with Crippen molar-refractivity contribution in [2.75, 3.05) is 19.0 Å². The largest absolute Gasteiger partial charge is 0.496 e. The summed E-state index contributed by atoms with van der Waals surface area (Å²) in [6.45, 7) is 2.78. The average Bonchev–Trinajstić information content (AvgIpc) is 2.55. The van der Waals surface area contributed by atoms with Gasteiger partial charge in [0.25, 0.3) is 0 Å². The molecule has 0 unspecified atom stereocenters. The van der Waals surface area contributed by atoms with Gasteiger partial charge in [0, 0.05) is 29.8 Å². The van der Waals surface area contributed by atoms with E-state index < -0.39 is 0 Å². The molecule has 118 valence electrons. The Bertz CT molecular complexity index is 838. The maximum Gasteiger partial charge on any atom is 0.134 e. The topological polar surface area (TPSA) is 59.9 Å². The summed E-state index contributed by atoms with van der Waals surface area (Å²) in [6.07, 6.45) is 4.03. The summed E-state index contributed by atoms with van der Waals surface area (Å²) in [5.41, 5.74) is 3.27. The fourth-order valence-electron chi connectivity index (χ4n) is 2.58. The summed E-state index contributed by atoms with van der Waals surface area (Å²) in [5.74, 6) is 1.55. The van der Waals surface area contributed by atoms with E-state index in [0.29, 0.717) is 17.5 Å². The summed E-state index contributed by atoms with van der Waals surface area (Å²) in [4.78, 5) is 12.5. The lowest BCUT2D eigenvalue weighted by molar-refractivity contribution is 0.410. The average molecular weight is 329 g/mol. The Morgan fingerprint density at radius 2 is 2.04 bits per heavy atom. The molecule has 23 heavy (non-hydrogen) atoms. The van der Waals surface area contributed by atoms with Crippen LogP contribution >= 0.6 is 11.6 Å².